The van der Waals surface area contributed by atoms with Crippen LogP contribution in [0.15, 0.2) is 71.1 Å². The summed E-state index contributed by atoms with van der Waals surface area (Å²) in [5, 5.41) is 0. The van der Waals surface area contributed by atoms with Gasteiger partial charge in [0.15, 0.2) is 0 Å². The molecule has 2 aromatic carbocycles. The largest absolute Gasteiger partial charge is 0.464 e. The smallest absolute Gasteiger partial charge is 0.121 e. The molecule has 5 rings (SSSR count). The third kappa shape index (κ3) is 4.84. The van der Waals surface area contributed by atoms with Crippen molar-refractivity contribution in [3.63, 3.8) is 0 Å². The van der Waals surface area contributed by atoms with Crippen molar-refractivity contribution in [1.29, 1.82) is 0 Å². The van der Waals surface area contributed by atoms with Crippen molar-refractivity contribution in [3.8, 4) is 0 Å². The Morgan fingerprint density at radius 3 is 2.00 bits per heavy atom. The van der Waals surface area contributed by atoms with Gasteiger partial charge in [0.2, 0.25) is 0 Å². The highest BCUT2D eigenvalue weighted by Gasteiger charge is 2.27. The minimum absolute atomic E-state index is 0.322. The van der Waals surface area contributed by atoms with Crippen LogP contribution in [0.3, 0.4) is 0 Å². The molecule has 0 radical (unpaired) electrons. The van der Waals surface area contributed by atoms with E-state index in [-0.39, 0.29) is 0 Å². The average molecular weight is 429 g/mol. The van der Waals surface area contributed by atoms with E-state index in [1.807, 2.05) is 0 Å². The Balaban J connectivity index is 1.25. The minimum Gasteiger partial charge on any atom is -0.464 e. The fourth-order valence-electron chi connectivity index (χ4n) is 5.56. The lowest BCUT2D eigenvalue weighted by Crippen LogP contribution is -2.47. The Labute approximate surface area is 193 Å². The SMILES string of the molecule is Cc1cc(C2CCCCC2)oc1CN1CCN(C(c2ccccc2)c2ccccc2)CC1. The number of furan rings is 1. The normalized spacial score (nSPS) is 18.9. The molecule has 1 aliphatic heterocycles. The van der Waals surface area contributed by atoms with E-state index in [0.717, 1.165) is 32.7 Å². The predicted octanol–water partition coefficient (Wildman–Crippen LogP) is 6.54. The lowest BCUT2D eigenvalue weighted by molar-refractivity contribution is 0.0990. The molecule has 0 atom stereocenters. The van der Waals surface area contributed by atoms with Gasteiger partial charge in [0.1, 0.15) is 11.5 Å². The Morgan fingerprint density at radius 2 is 1.41 bits per heavy atom. The summed E-state index contributed by atoms with van der Waals surface area (Å²) in [5.41, 5.74) is 4.09. The first kappa shape index (κ1) is 21.5. The molecule has 0 N–H and O–H groups in total. The first-order valence-corrected chi connectivity index (χ1v) is 12.4. The number of hydrogen-bond donors (Lipinski definition) is 0. The van der Waals surface area contributed by atoms with E-state index < -0.39 is 0 Å². The van der Waals surface area contributed by atoms with Gasteiger partial charge in [0.05, 0.1) is 12.6 Å². The van der Waals surface area contributed by atoms with E-state index in [1.165, 1.54) is 60.3 Å². The van der Waals surface area contributed by atoms with Crippen molar-refractivity contribution in [1.82, 2.24) is 9.80 Å². The number of nitrogens with zero attached hydrogens (tertiary/aromatic N) is 2. The van der Waals surface area contributed by atoms with Gasteiger partial charge < -0.3 is 4.42 Å². The molecular formula is C29H36N2O. The van der Waals surface area contributed by atoms with E-state index in [2.05, 4.69) is 83.5 Å². The number of aryl methyl sites for hydroxylation is 1. The number of piperazine rings is 1. The maximum Gasteiger partial charge on any atom is 0.121 e. The quantitative estimate of drug-likeness (QED) is 0.444. The summed E-state index contributed by atoms with van der Waals surface area (Å²) >= 11 is 0. The monoisotopic (exact) mass is 428 g/mol. The Morgan fingerprint density at radius 1 is 0.812 bits per heavy atom. The van der Waals surface area contributed by atoms with Gasteiger partial charge in [-0.25, -0.2) is 0 Å². The molecule has 3 heteroatoms. The van der Waals surface area contributed by atoms with E-state index in [0.29, 0.717) is 12.0 Å². The molecule has 3 nitrogen and oxygen atoms in total. The van der Waals surface area contributed by atoms with Crippen LogP contribution in [0.1, 0.15) is 72.3 Å². The molecule has 1 saturated carbocycles. The van der Waals surface area contributed by atoms with E-state index in [4.69, 9.17) is 4.42 Å². The second kappa shape index (κ2) is 10.1. The molecule has 3 aromatic rings. The van der Waals surface area contributed by atoms with Crippen LogP contribution < -0.4 is 0 Å². The van der Waals surface area contributed by atoms with Gasteiger partial charge >= 0.3 is 0 Å². The van der Waals surface area contributed by atoms with Gasteiger partial charge in [-0.1, -0.05) is 79.9 Å². The summed E-state index contributed by atoms with van der Waals surface area (Å²) in [4.78, 5) is 5.21. The van der Waals surface area contributed by atoms with Crippen LogP contribution in [0, 0.1) is 6.92 Å². The fraction of sp³-hybridized carbons (Fsp3) is 0.448. The van der Waals surface area contributed by atoms with Crippen LogP contribution in [0.4, 0.5) is 0 Å². The summed E-state index contributed by atoms with van der Waals surface area (Å²) in [6.45, 7) is 7.47. The van der Waals surface area contributed by atoms with Crippen LogP contribution >= 0.6 is 0 Å². The average Bonchev–Trinajstić information content (AvgIpc) is 3.22. The van der Waals surface area contributed by atoms with E-state index >= 15 is 0 Å². The summed E-state index contributed by atoms with van der Waals surface area (Å²) < 4.78 is 6.41. The van der Waals surface area contributed by atoms with Gasteiger partial charge in [0.25, 0.3) is 0 Å². The van der Waals surface area contributed by atoms with Crippen LogP contribution in [-0.2, 0) is 6.54 Å². The Bertz CT molecular complexity index is 927. The third-order valence-electron chi connectivity index (χ3n) is 7.42. The van der Waals surface area contributed by atoms with Crippen molar-refractivity contribution in [3.05, 3.63) is 94.9 Å². The molecule has 1 aliphatic carbocycles. The first-order chi connectivity index (χ1) is 15.8. The molecule has 0 unspecified atom stereocenters. The van der Waals surface area contributed by atoms with Crippen molar-refractivity contribution in [2.24, 2.45) is 0 Å². The maximum atomic E-state index is 6.41. The van der Waals surface area contributed by atoms with Gasteiger partial charge in [-0.3, -0.25) is 9.80 Å². The van der Waals surface area contributed by atoms with Crippen molar-refractivity contribution < 1.29 is 4.42 Å². The molecule has 2 fully saturated rings. The van der Waals surface area contributed by atoms with E-state index in [1.54, 1.807) is 0 Å². The molecule has 0 amide bonds. The lowest BCUT2D eigenvalue weighted by Gasteiger charge is -2.39. The molecule has 1 aromatic heterocycles. The van der Waals surface area contributed by atoms with Crippen LogP contribution in [-0.4, -0.2) is 36.0 Å². The van der Waals surface area contributed by atoms with Crippen LogP contribution in [0.2, 0.25) is 0 Å². The summed E-state index contributed by atoms with van der Waals surface area (Å²) in [7, 11) is 0. The second-order valence-corrected chi connectivity index (χ2v) is 9.63. The summed E-state index contributed by atoms with van der Waals surface area (Å²) in [6.07, 6.45) is 6.69. The first-order valence-electron chi connectivity index (χ1n) is 12.4. The molecule has 32 heavy (non-hydrogen) atoms. The molecule has 2 aliphatic rings. The number of rotatable bonds is 6. The minimum atomic E-state index is 0.322. The molecule has 0 bridgehead atoms. The maximum absolute atomic E-state index is 6.41. The highest BCUT2D eigenvalue weighted by molar-refractivity contribution is 5.32. The Kier molecular flexibility index (Phi) is 6.75. The number of benzene rings is 2. The summed E-state index contributed by atoms with van der Waals surface area (Å²) in [6, 6.07) is 24.6. The topological polar surface area (TPSA) is 19.6 Å². The Hall–Kier alpha value is -2.36. The van der Waals surface area contributed by atoms with Crippen molar-refractivity contribution >= 4 is 0 Å². The van der Waals surface area contributed by atoms with Gasteiger partial charge in [-0.2, -0.15) is 0 Å². The molecule has 2 heterocycles. The zero-order valence-corrected chi connectivity index (χ0v) is 19.4. The standard InChI is InChI=1S/C29H36N2O/c1-23-21-27(24-11-5-2-6-12-24)32-28(23)22-30-17-19-31(20-18-30)29(25-13-7-3-8-14-25)26-15-9-4-10-16-26/h3-4,7-10,13-16,21,24,29H,2,5-6,11-12,17-20,22H2,1H3. The predicted molar refractivity (Wildman–Crippen MR) is 131 cm³/mol. The molecule has 168 valence electrons. The fourth-order valence-corrected chi connectivity index (χ4v) is 5.56. The molecule has 1 saturated heterocycles. The van der Waals surface area contributed by atoms with E-state index in [9.17, 15) is 0 Å². The zero-order chi connectivity index (χ0) is 21.8. The number of hydrogen-bond acceptors (Lipinski definition) is 3. The van der Waals surface area contributed by atoms with Crippen molar-refractivity contribution in [2.75, 3.05) is 26.2 Å². The lowest BCUT2D eigenvalue weighted by atomic mass is 9.87. The van der Waals surface area contributed by atoms with Gasteiger partial charge in [-0.05, 0) is 42.5 Å². The van der Waals surface area contributed by atoms with Crippen LogP contribution in [0.25, 0.3) is 0 Å². The third-order valence-corrected chi connectivity index (χ3v) is 7.42. The van der Waals surface area contributed by atoms with Gasteiger partial charge in [0, 0.05) is 32.1 Å². The van der Waals surface area contributed by atoms with Gasteiger partial charge in [-0.15, -0.1) is 0 Å². The van der Waals surface area contributed by atoms with Crippen LogP contribution in [0.5, 0.6) is 0 Å². The molecule has 0 spiro atoms. The summed E-state index contributed by atoms with van der Waals surface area (Å²) in [5.74, 6) is 3.07. The highest BCUT2D eigenvalue weighted by Crippen LogP contribution is 2.35. The molecular weight excluding hydrogens is 392 g/mol. The highest BCUT2D eigenvalue weighted by atomic mass is 16.3. The zero-order valence-electron chi connectivity index (χ0n) is 19.4. The second-order valence-electron chi connectivity index (χ2n) is 9.63. The van der Waals surface area contributed by atoms with Crippen molar-refractivity contribution in [2.45, 2.75) is 57.5 Å².